The molecule has 0 aliphatic carbocycles. The maximum Gasteiger partial charge on any atom is 0.415 e. The SMILES string of the molecule is CC(C)(C)OC(F)(F)C(F)=C(F)F. The number of hydrogen-bond donors (Lipinski definition) is 0. The number of rotatable bonds is 2. The van der Waals surface area contributed by atoms with E-state index in [9.17, 15) is 22.0 Å². The smallest absolute Gasteiger partial charge is 0.309 e. The van der Waals surface area contributed by atoms with E-state index in [1.807, 2.05) is 0 Å². The molecular formula is C7H9F5O. The van der Waals surface area contributed by atoms with Crippen molar-refractivity contribution in [2.75, 3.05) is 0 Å². The van der Waals surface area contributed by atoms with Crippen molar-refractivity contribution in [1.29, 1.82) is 0 Å². The van der Waals surface area contributed by atoms with Crippen LogP contribution < -0.4 is 0 Å². The Labute approximate surface area is 72.2 Å². The molecule has 0 amide bonds. The van der Waals surface area contributed by atoms with Gasteiger partial charge in [0.15, 0.2) is 0 Å². The first kappa shape index (κ1) is 12.3. The molecule has 0 heterocycles. The second-order valence-electron chi connectivity index (χ2n) is 3.31. The van der Waals surface area contributed by atoms with Crippen molar-refractivity contribution in [3.63, 3.8) is 0 Å². The number of halogens is 5. The summed E-state index contributed by atoms with van der Waals surface area (Å²) >= 11 is 0. The van der Waals surface area contributed by atoms with Crippen LogP contribution in [-0.2, 0) is 4.74 Å². The summed E-state index contributed by atoms with van der Waals surface area (Å²) < 4.78 is 63.6. The van der Waals surface area contributed by atoms with Crippen molar-refractivity contribution in [2.24, 2.45) is 0 Å². The molecule has 0 spiro atoms. The second-order valence-corrected chi connectivity index (χ2v) is 3.31. The van der Waals surface area contributed by atoms with Gasteiger partial charge in [-0.1, -0.05) is 0 Å². The number of hydrogen-bond acceptors (Lipinski definition) is 1. The lowest BCUT2D eigenvalue weighted by molar-refractivity contribution is -0.268. The molecule has 0 aromatic carbocycles. The standard InChI is InChI=1S/C7H9F5O/c1-6(2,3)13-7(11,12)4(8)5(9)10/h1-3H3. The monoisotopic (exact) mass is 204 g/mol. The molecule has 0 aliphatic rings. The fourth-order valence-corrected chi connectivity index (χ4v) is 0.539. The molecule has 0 saturated carbocycles. The maximum atomic E-state index is 12.4. The Balaban J connectivity index is 4.69. The summed E-state index contributed by atoms with van der Waals surface area (Å²) in [6, 6.07) is 0. The first-order valence-electron chi connectivity index (χ1n) is 3.35. The predicted molar refractivity (Wildman–Crippen MR) is 36.1 cm³/mol. The van der Waals surface area contributed by atoms with Crippen LogP contribution in [0.5, 0.6) is 0 Å². The van der Waals surface area contributed by atoms with Gasteiger partial charge in [-0.15, -0.1) is 0 Å². The van der Waals surface area contributed by atoms with Gasteiger partial charge in [-0.25, -0.2) is 0 Å². The minimum absolute atomic E-state index is 1.20. The summed E-state index contributed by atoms with van der Waals surface area (Å²) in [5.41, 5.74) is -1.41. The summed E-state index contributed by atoms with van der Waals surface area (Å²) in [5, 5.41) is 0. The van der Waals surface area contributed by atoms with E-state index >= 15 is 0 Å². The average molecular weight is 204 g/mol. The Morgan fingerprint density at radius 1 is 1.00 bits per heavy atom. The first-order chi connectivity index (χ1) is 5.56. The Morgan fingerprint density at radius 3 is 1.62 bits per heavy atom. The molecule has 0 fully saturated rings. The van der Waals surface area contributed by atoms with Gasteiger partial charge in [0.05, 0.1) is 5.60 Å². The summed E-state index contributed by atoms with van der Waals surface area (Å²) in [7, 11) is 0. The molecule has 0 radical (unpaired) electrons. The van der Waals surface area contributed by atoms with E-state index in [-0.39, 0.29) is 0 Å². The highest BCUT2D eigenvalue weighted by atomic mass is 19.3. The zero-order valence-corrected chi connectivity index (χ0v) is 7.30. The van der Waals surface area contributed by atoms with E-state index in [1.54, 1.807) is 0 Å². The zero-order chi connectivity index (χ0) is 10.9. The number of ether oxygens (including phenoxy) is 1. The quantitative estimate of drug-likeness (QED) is 0.625. The van der Waals surface area contributed by atoms with Crippen LogP contribution in [0.4, 0.5) is 22.0 Å². The summed E-state index contributed by atoms with van der Waals surface area (Å²) in [6.45, 7) is 3.60. The van der Waals surface area contributed by atoms with Gasteiger partial charge in [-0.2, -0.15) is 22.0 Å². The Hall–Kier alpha value is -0.650. The van der Waals surface area contributed by atoms with Crippen LogP contribution in [-0.4, -0.2) is 11.7 Å². The summed E-state index contributed by atoms with van der Waals surface area (Å²) in [6.07, 6.45) is -7.65. The van der Waals surface area contributed by atoms with Crippen LogP contribution in [0.25, 0.3) is 0 Å². The van der Waals surface area contributed by atoms with Crippen molar-refractivity contribution >= 4 is 0 Å². The van der Waals surface area contributed by atoms with Gasteiger partial charge in [-0.3, -0.25) is 0 Å². The largest absolute Gasteiger partial charge is 0.415 e. The highest BCUT2D eigenvalue weighted by Gasteiger charge is 2.43. The van der Waals surface area contributed by atoms with Gasteiger partial charge in [0.2, 0.25) is 0 Å². The lowest BCUT2D eigenvalue weighted by atomic mass is 10.2. The lowest BCUT2D eigenvalue weighted by Crippen LogP contribution is -2.33. The van der Waals surface area contributed by atoms with Crippen molar-refractivity contribution in [3.05, 3.63) is 11.9 Å². The van der Waals surface area contributed by atoms with Crippen molar-refractivity contribution in [2.45, 2.75) is 32.5 Å². The lowest BCUT2D eigenvalue weighted by Gasteiger charge is -2.25. The van der Waals surface area contributed by atoms with Crippen molar-refractivity contribution < 1.29 is 26.7 Å². The van der Waals surface area contributed by atoms with E-state index in [1.165, 1.54) is 20.8 Å². The highest BCUT2D eigenvalue weighted by molar-refractivity contribution is 5.00. The molecule has 0 N–H and O–H groups in total. The minimum atomic E-state index is -4.57. The molecule has 78 valence electrons. The average Bonchev–Trinajstić information content (AvgIpc) is 1.80. The van der Waals surface area contributed by atoms with Gasteiger partial charge in [0, 0.05) is 0 Å². The van der Waals surface area contributed by atoms with Gasteiger partial charge < -0.3 is 4.74 Å². The molecule has 0 saturated heterocycles. The van der Waals surface area contributed by atoms with Gasteiger partial charge in [0.25, 0.3) is 5.83 Å². The predicted octanol–water partition coefficient (Wildman–Crippen LogP) is 3.47. The zero-order valence-electron chi connectivity index (χ0n) is 7.30. The molecular weight excluding hydrogens is 195 g/mol. The third-order valence-corrected chi connectivity index (χ3v) is 0.856. The molecule has 0 atom stereocenters. The first-order valence-corrected chi connectivity index (χ1v) is 3.35. The molecule has 0 unspecified atom stereocenters. The van der Waals surface area contributed by atoms with E-state index in [4.69, 9.17) is 0 Å². The van der Waals surface area contributed by atoms with E-state index in [0.29, 0.717) is 0 Å². The van der Waals surface area contributed by atoms with Crippen LogP contribution in [0.2, 0.25) is 0 Å². The Morgan fingerprint density at radius 2 is 1.38 bits per heavy atom. The maximum absolute atomic E-state index is 12.4. The highest BCUT2D eigenvalue weighted by Crippen LogP contribution is 2.33. The van der Waals surface area contributed by atoms with Crippen LogP contribution in [0.1, 0.15) is 20.8 Å². The third kappa shape index (κ3) is 4.21. The van der Waals surface area contributed by atoms with Crippen LogP contribution >= 0.6 is 0 Å². The topological polar surface area (TPSA) is 9.23 Å². The molecule has 0 bridgehead atoms. The van der Waals surface area contributed by atoms with Crippen LogP contribution in [0.3, 0.4) is 0 Å². The fourth-order valence-electron chi connectivity index (χ4n) is 0.539. The molecule has 13 heavy (non-hydrogen) atoms. The van der Waals surface area contributed by atoms with Gasteiger partial charge >= 0.3 is 12.2 Å². The van der Waals surface area contributed by atoms with Crippen molar-refractivity contribution in [3.8, 4) is 0 Å². The van der Waals surface area contributed by atoms with Gasteiger partial charge in [0.1, 0.15) is 0 Å². The third-order valence-electron chi connectivity index (χ3n) is 0.856. The molecule has 0 rings (SSSR count). The summed E-state index contributed by atoms with van der Waals surface area (Å²) in [5.74, 6) is -2.84. The molecule has 0 aliphatic heterocycles. The molecule has 6 heteroatoms. The Bertz CT molecular complexity index is 211. The fraction of sp³-hybridized carbons (Fsp3) is 0.714. The Kier molecular flexibility index (Phi) is 3.43. The van der Waals surface area contributed by atoms with E-state index in [2.05, 4.69) is 4.74 Å². The van der Waals surface area contributed by atoms with Crippen LogP contribution in [0.15, 0.2) is 11.9 Å². The van der Waals surface area contributed by atoms with Crippen LogP contribution in [0, 0.1) is 0 Å². The minimum Gasteiger partial charge on any atom is -0.309 e. The molecule has 0 aromatic heterocycles. The van der Waals surface area contributed by atoms with E-state index in [0.717, 1.165) is 0 Å². The van der Waals surface area contributed by atoms with E-state index < -0.39 is 23.6 Å². The molecule has 1 nitrogen and oxygen atoms in total. The molecule has 0 aromatic rings. The number of alkyl halides is 2. The van der Waals surface area contributed by atoms with Crippen molar-refractivity contribution in [1.82, 2.24) is 0 Å². The summed E-state index contributed by atoms with van der Waals surface area (Å²) in [4.78, 5) is 0. The normalized spacial score (nSPS) is 12.9. The van der Waals surface area contributed by atoms with Gasteiger partial charge in [-0.05, 0) is 20.8 Å². The second kappa shape index (κ2) is 3.61.